The number of halogens is 1. The number of nitrogens with one attached hydrogen (secondary N) is 1. The zero-order chi connectivity index (χ0) is 9.26. The smallest absolute Gasteiger partial charge is 0.201 e. The highest BCUT2D eigenvalue weighted by Crippen LogP contribution is 2.22. The number of aliphatic hydroxyl groups excluding tert-OH is 1. The van der Waals surface area contributed by atoms with E-state index in [1.807, 2.05) is 12.2 Å². The predicted octanol–water partition coefficient (Wildman–Crippen LogP) is 1.75. The molecule has 1 heterocycles. The lowest BCUT2D eigenvalue weighted by atomic mass is 9.96. The molecule has 0 bridgehead atoms. The summed E-state index contributed by atoms with van der Waals surface area (Å²) >= 11 is 0. The summed E-state index contributed by atoms with van der Waals surface area (Å²) in [5.74, 6) is -0.377. The summed E-state index contributed by atoms with van der Waals surface area (Å²) in [4.78, 5) is 11.1. The molecular formula is C10H10ClNO2. The summed E-state index contributed by atoms with van der Waals surface area (Å²) in [5, 5.41) is 12.1. The monoisotopic (exact) mass is 211 g/mol. The number of Topliss-reactive ketones (excluding diaryl/α,β-unsaturated/α-hetero) is 1. The largest absolute Gasteiger partial charge is 0.504 e. The van der Waals surface area contributed by atoms with Crippen LogP contribution in [-0.4, -0.2) is 10.9 Å². The first-order valence-electron chi connectivity index (χ1n) is 4.03. The van der Waals surface area contributed by atoms with Gasteiger partial charge < -0.3 is 10.4 Å². The topological polar surface area (TPSA) is 49.3 Å². The van der Waals surface area contributed by atoms with Crippen molar-refractivity contribution in [1.82, 2.24) is 5.32 Å². The van der Waals surface area contributed by atoms with E-state index in [4.69, 9.17) is 0 Å². The first-order valence-corrected chi connectivity index (χ1v) is 4.03. The molecule has 4 heteroatoms. The van der Waals surface area contributed by atoms with E-state index in [-0.39, 0.29) is 30.4 Å². The molecule has 0 aromatic rings. The van der Waals surface area contributed by atoms with Crippen molar-refractivity contribution < 1.29 is 9.90 Å². The van der Waals surface area contributed by atoms with Crippen molar-refractivity contribution in [2.45, 2.75) is 6.42 Å². The molecule has 1 aliphatic heterocycles. The molecule has 3 nitrogen and oxygen atoms in total. The summed E-state index contributed by atoms with van der Waals surface area (Å²) in [6.45, 7) is 0. The van der Waals surface area contributed by atoms with E-state index in [1.165, 1.54) is 6.08 Å². The van der Waals surface area contributed by atoms with Crippen molar-refractivity contribution in [3.8, 4) is 0 Å². The average Bonchev–Trinajstić information content (AvgIpc) is 2.31. The SMILES string of the molecule is Cl.O=C1CC2=C(C=CNC=C2)C=C1O. The fourth-order valence-electron chi connectivity index (χ4n) is 1.34. The lowest BCUT2D eigenvalue weighted by molar-refractivity contribution is -0.117. The van der Waals surface area contributed by atoms with Crippen LogP contribution in [0.2, 0.25) is 0 Å². The summed E-state index contributed by atoms with van der Waals surface area (Å²) in [6.07, 6.45) is 8.98. The number of carbonyl (C=O) groups is 1. The highest BCUT2D eigenvalue weighted by Gasteiger charge is 2.17. The molecule has 74 valence electrons. The van der Waals surface area contributed by atoms with E-state index in [0.29, 0.717) is 0 Å². The third kappa shape index (κ3) is 1.88. The Hall–Kier alpha value is -1.48. The van der Waals surface area contributed by atoms with Gasteiger partial charge in [0, 0.05) is 18.8 Å². The maximum Gasteiger partial charge on any atom is 0.201 e. The van der Waals surface area contributed by atoms with Gasteiger partial charge in [-0.25, -0.2) is 0 Å². The van der Waals surface area contributed by atoms with Gasteiger partial charge in [-0.05, 0) is 29.4 Å². The first-order chi connectivity index (χ1) is 6.27. The molecule has 0 radical (unpaired) electrons. The molecule has 0 atom stereocenters. The molecular weight excluding hydrogens is 202 g/mol. The third-order valence-corrected chi connectivity index (χ3v) is 2.04. The van der Waals surface area contributed by atoms with Gasteiger partial charge in [0.1, 0.15) is 0 Å². The maximum atomic E-state index is 11.1. The van der Waals surface area contributed by atoms with Crippen LogP contribution in [0.5, 0.6) is 0 Å². The van der Waals surface area contributed by atoms with Gasteiger partial charge in [0.15, 0.2) is 5.76 Å². The highest BCUT2D eigenvalue weighted by atomic mass is 35.5. The molecule has 0 aromatic heterocycles. The number of hydrogen-bond acceptors (Lipinski definition) is 3. The minimum atomic E-state index is -0.223. The second kappa shape index (κ2) is 4.15. The second-order valence-electron chi connectivity index (χ2n) is 2.94. The van der Waals surface area contributed by atoms with Crippen LogP contribution in [0, 0.1) is 0 Å². The minimum absolute atomic E-state index is 0. The Balaban J connectivity index is 0.000000980. The van der Waals surface area contributed by atoms with Crippen molar-refractivity contribution in [2.24, 2.45) is 0 Å². The Morgan fingerprint density at radius 3 is 2.79 bits per heavy atom. The molecule has 2 N–H and O–H groups in total. The molecule has 0 saturated heterocycles. The van der Waals surface area contributed by atoms with Gasteiger partial charge in [0.05, 0.1) is 0 Å². The van der Waals surface area contributed by atoms with Crippen LogP contribution < -0.4 is 5.32 Å². The molecule has 0 unspecified atom stereocenters. The Morgan fingerprint density at radius 2 is 2.00 bits per heavy atom. The van der Waals surface area contributed by atoms with E-state index in [9.17, 15) is 9.90 Å². The number of aliphatic hydroxyl groups is 1. The number of carbonyl (C=O) groups excluding carboxylic acids is 1. The molecule has 14 heavy (non-hydrogen) atoms. The molecule has 0 amide bonds. The Labute approximate surface area is 87.9 Å². The number of allylic oxidation sites excluding steroid dienone is 6. The fraction of sp³-hybridized carbons (Fsp3) is 0.100. The second-order valence-corrected chi connectivity index (χ2v) is 2.94. The van der Waals surface area contributed by atoms with Crippen LogP contribution in [0.4, 0.5) is 0 Å². The van der Waals surface area contributed by atoms with Crippen LogP contribution in [0.3, 0.4) is 0 Å². The summed E-state index contributed by atoms with van der Waals surface area (Å²) in [7, 11) is 0. The van der Waals surface area contributed by atoms with E-state index in [2.05, 4.69) is 5.32 Å². The van der Waals surface area contributed by atoms with Crippen LogP contribution in [-0.2, 0) is 4.79 Å². The molecule has 2 rings (SSSR count). The lowest BCUT2D eigenvalue weighted by Gasteiger charge is -2.10. The first kappa shape index (κ1) is 10.6. The van der Waals surface area contributed by atoms with Gasteiger partial charge in [0.2, 0.25) is 5.78 Å². The van der Waals surface area contributed by atoms with Crippen molar-refractivity contribution in [1.29, 1.82) is 0 Å². The Bertz CT molecular complexity index is 378. The van der Waals surface area contributed by atoms with Crippen molar-refractivity contribution in [3.05, 3.63) is 47.5 Å². The van der Waals surface area contributed by atoms with E-state index < -0.39 is 0 Å². The summed E-state index contributed by atoms with van der Waals surface area (Å²) in [6, 6.07) is 0. The molecule has 2 aliphatic rings. The van der Waals surface area contributed by atoms with Crippen molar-refractivity contribution in [2.75, 3.05) is 0 Å². The zero-order valence-electron chi connectivity index (χ0n) is 7.36. The molecule has 0 saturated carbocycles. The van der Waals surface area contributed by atoms with E-state index >= 15 is 0 Å². The van der Waals surface area contributed by atoms with Gasteiger partial charge >= 0.3 is 0 Å². The average molecular weight is 212 g/mol. The molecule has 0 fully saturated rings. The van der Waals surface area contributed by atoms with Crippen LogP contribution in [0.1, 0.15) is 6.42 Å². The van der Waals surface area contributed by atoms with Gasteiger partial charge in [-0.1, -0.05) is 0 Å². The molecule has 1 aliphatic carbocycles. The maximum absolute atomic E-state index is 11.1. The Morgan fingerprint density at radius 1 is 1.29 bits per heavy atom. The van der Waals surface area contributed by atoms with Crippen LogP contribution in [0.25, 0.3) is 0 Å². The number of ketones is 1. The Kier molecular flexibility index (Phi) is 3.14. The van der Waals surface area contributed by atoms with Gasteiger partial charge in [-0.3, -0.25) is 4.79 Å². The standard InChI is InChI=1S/C10H9NO2.ClH/c12-9-5-7-1-3-11-4-2-8(7)6-10(9)13;/h1-5,11-12H,6H2;1H. The van der Waals surface area contributed by atoms with Gasteiger partial charge in [0.25, 0.3) is 0 Å². The molecule has 0 spiro atoms. The summed E-state index contributed by atoms with van der Waals surface area (Å²) < 4.78 is 0. The van der Waals surface area contributed by atoms with Crippen molar-refractivity contribution >= 4 is 18.2 Å². The third-order valence-electron chi connectivity index (χ3n) is 2.04. The predicted molar refractivity (Wildman–Crippen MR) is 56.0 cm³/mol. The number of hydrogen-bond donors (Lipinski definition) is 2. The highest BCUT2D eigenvalue weighted by molar-refractivity contribution is 5.97. The van der Waals surface area contributed by atoms with Crippen molar-refractivity contribution in [3.63, 3.8) is 0 Å². The summed E-state index contributed by atoms with van der Waals surface area (Å²) in [5.41, 5.74) is 1.82. The molecule has 0 aromatic carbocycles. The van der Waals surface area contributed by atoms with Crippen LogP contribution >= 0.6 is 12.4 Å². The fourth-order valence-corrected chi connectivity index (χ4v) is 1.34. The van der Waals surface area contributed by atoms with Crippen LogP contribution in [0.15, 0.2) is 47.5 Å². The lowest BCUT2D eigenvalue weighted by Crippen LogP contribution is -2.08. The van der Waals surface area contributed by atoms with E-state index in [1.54, 1.807) is 12.4 Å². The quantitative estimate of drug-likeness (QED) is 0.642. The van der Waals surface area contributed by atoms with Gasteiger partial charge in [-0.2, -0.15) is 0 Å². The zero-order valence-corrected chi connectivity index (χ0v) is 8.17. The van der Waals surface area contributed by atoms with E-state index in [0.717, 1.165) is 11.1 Å². The number of rotatable bonds is 0. The minimum Gasteiger partial charge on any atom is -0.504 e. The van der Waals surface area contributed by atoms with Gasteiger partial charge in [-0.15, -0.1) is 12.4 Å². The normalized spacial score (nSPS) is 19.1.